The summed E-state index contributed by atoms with van der Waals surface area (Å²) in [5.74, 6) is 3.98. The van der Waals surface area contributed by atoms with E-state index in [4.69, 9.17) is 0 Å². The zero-order chi connectivity index (χ0) is 15.4. The van der Waals surface area contributed by atoms with Gasteiger partial charge >= 0.3 is 0 Å². The molecule has 6 atom stereocenters. The highest BCUT2D eigenvalue weighted by Crippen LogP contribution is 2.44. The van der Waals surface area contributed by atoms with Crippen molar-refractivity contribution < 1.29 is 0 Å². The van der Waals surface area contributed by atoms with Gasteiger partial charge in [-0.25, -0.2) is 0 Å². The molecule has 3 saturated carbocycles. The van der Waals surface area contributed by atoms with Crippen molar-refractivity contribution in [1.29, 1.82) is 0 Å². The lowest BCUT2D eigenvalue weighted by atomic mass is 9.74. The van der Waals surface area contributed by atoms with Gasteiger partial charge in [-0.2, -0.15) is 0 Å². The Kier molecular flexibility index (Phi) is 6.21. The minimum absolute atomic E-state index is 0.783. The lowest BCUT2D eigenvalue weighted by Gasteiger charge is -2.36. The summed E-state index contributed by atoms with van der Waals surface area (Å²) in [6.45, 7) is 0. The summed E-state index contributed by atoms with van der Waals surface area (Å²) in [6, 6.07) is 1.58. The molecule has 2 nitrogen and oxygen atoms in total. The highest BCUT2D eigenvalue weighted by molar-refractivity contribution is 4.92. The number of hydrogen-bond donors (Lipinski definition) is 2. The Morgan fingerprint density at radius 3 is 2.00 bits per heavy atom. The van der Waals surface area contributed by atoms with Crippen molar-refractivity contribution in [2.45, 2.75) is 89.1 Å². The average Bonchev–Trinajstić information content (AvgIpc) is 2.91. The Morgan fingerprint density at radius 1 is 0.591 bits per heavy atom. The van der Waals surface area contributed by atoms with Gasteiger partial charge < -0.3 is 10.6 Å². The van der Waals surface area contributed by atoms with Crippen LogP contribution in [-0.2, 0) is 0 Å². The summed E-state index contributed by atoms with van der Waals surface area (Å²) in [4.78, 5) is 0. The van der Waals surface area contributed by atoms with E-state index in [-0.39, 0.29) is 0 Å². The number of hydrogen-bond acceptors (Lipinski definition) is 2. The first-order valence-corrected chi connectivity index (χ1v) is 10.2. The minimum atomic E-state index is 0.783. The molecule has 3 aliphatic carbocycles. The molecule has 0 heterocycles. The predicted molar refractivity (Wildman–Crippen MR) is 95.1 cm³/mol. The smallest absolute Gasteiger partial charge is 0.00977 e. The largest absolute Gasteiger partial charge is 0.317 e. The summed E-state index contributed by atoms with van der Waals surface area (Å²) in [7, 11) is 4.40. The Balaban J connectivity index is 1.67. The van der Waals surface area contributed by atoms with E-state index in [9.17, 15) is 0 Å². The second kappa shape index (κ2) is 8.15. The van der Waals surface area contributed by atoms with Crippen LogP contribution in [0.15, 0.2) is 0 Å². The fourth-order valence-electron chi connectivity index (χ4n) is 6.02. The molecule has 2 heteroatoms. The van der Waals surface area contributed by atoms with Crippen LogP contribution in [0.25, 0.3) is 0 Å². The van der Waals surface area contributed by atoms with Crippen LogP contribution >= 0.6 is 0 Å². The molecule has 0 saturated heterocycles. The van der Waals surface area contributed by atoms with Crippen LogP contribution in [0.5, 0.6) is 0 Å². The summed E-state index contributed by atoms with van der Waals surface area (Å²) in [5, 5.41) is 7.33. The zero-order valence-corrected chi connectivity index (χ0v) is 14.9. The molecule has 0 aromatic rings. The van der Waals surface area contributed by atoms with E-state index in [0.717, 1.165) is 35.8 Å². The monoisotopic (exact) mass is 306 g/mol. The molecule has 0 bridgehead atoms. The SMILES string of the molecule is CNC1CCCCC(C2CCC3CCCCC3C(NC)C2)C1. The van der Waals surface area contributed by atoms with E-state index in [0.29, 0.717) is 0 Å². The highest BCUT2D eigenvalue weighted by Gasteiger charge is 2.38. The number of fused-ring (bicyclic) bond motifs is 1. The Labute approximate surface area is 138 Å². The van der Waals surface area contributed by atoms with Crippen LogP contribution in [0.3, 0.4) is 0 Å². The summed E-state index contributed by atoms with van der Waals surface area (Å²) >= 11 is 0. The normalized spacial score (nSPS) is 43.9. The molecule has 0 spiro atoms. The molecule has 3 fully saturated rings. The first kappa shape index (κ1) is 16.8. The van der Waals surface area contributed by atoms with Crippen LogP contribution in [0.1, 0.15) is 77.0 Å². The molecule has 128 valence electrons. The molecule has 0 aromatic heterocycles. The van der Waals surface area contributed by atoms with Crippen molar-refractivity contribution >= 4 is 0 Å². The topological polar surface area (TPSA) is 24.1 Å². The third kappa shape index (κ3) is 3.87. The van der Waals surface area contributed by atoms with Crippen molar-refractivity contribution in [3.05, 3.63) is 0 Å². The molecule has 0 aliphatic heterocycles. The Hall–Kier alpha value is -0.0800. The standard InChI is InChI=1S/C20H38N2/c1-21-18-9-5-3-8-16(13-18)17-12-11-15-7-4-6-10-19(15)20(14-17)22-2/h15-22H,3-14H2,1-2H3. The highest BCUT2D eigenvalue weighted by atomic mass is 14.9. The molecule has 22 heavy (non-hydrogen) atoms. The number of nitrogens with one attached hydrogen (secondary N) is 2. The molecule has 0 radical (unpaired) electrons. The van der Waals surface area contributed by atoms with Gasteiger partial charge in [-0.1, -0.05) is 38.5 Å². The third-order valence-electron chi connectivity index (χ3n) is 7.36. The van der Waals surface area contributed by atoms with Gasteiger partial charge in [0.1, 0.15) is 0 Å². The summed E-state index contributed by atoms with van der Waals surface area (Å²) < 4.78 is 0. The van der Waals surface area contributed by atoms with E-state index in [1.165, 1.54) is 77.0 Å². The van der Waals surface area contributed by atoms with Gasteiger partial charge in [-0.15, -0.1) is 0 Å². The van der Waals surface area contributed by atoms with Crippen molar-refractivity contribution in [1.82, 2.24) is 10.6 Å². The predicted octanol–water partition coefficient (Wildman–Crippen LogP) is 4.35. The van der Waals surface area contributed by atoms with Crippen LogP contribution in [-0.4, -0.2) is 26.2 Å². The lowest BCUT2D eigenvalue weighted by Crippen LogP contribution is -2.39. The maximum Gasteiger partial charge on any atom is 0.00977 e. The van der Waals surface area contributed by atoms with Crippen molar-refractivity contribution in [2.75, 3.05) is 14.1 Å². The van der Waals surface area contributed by atoms with E-state index >= 15 is 0 Å². The van der Waals surface area contributed by atoms with Crippen LogP contribution in [0.2, 0.25) is 0 Å². The van der Waals surface area contributed by atoms with Gasteiger partial charge in [-0.05, 0) is 76.3 Å². The van der Waals surface area contributed by atoms with Crippen LogP contribution in [0, 0.1) is 23.7 Å². The number of rotatable bonds is 3. The maximum atomic E-state index is 3.74. The van der Waals surface area contributed by atoms with Crippen molar-refractivity contribution in [2.24, 2.45) is 23.7 Å². The lowest BCUT2D eigenvalue weighted by molar-refractivity contribution is 0.182. The molecular weight excluding hydrogens is 268 g/mol. The molecule has 6 unspecified atom stereocenters. The second-order valence-electron chi connectivity index (χ2n) is 8.44. The van der Waals surface area contributed by atoms with E-state index in [1.807, 2.05) is 0 Å². The quantitative estimate of drug-likeness (QED) is 0.758. The second-order valence-corrected chi connectivity index (χ2v) is 8.44. The van der Waals surface area contributed by atoms with Gasteiger partial charge in [-0.3, -0.25) is 0 Å². The molecule has 2 N–H and O–H groups in total. The summed E-state index contributed by atoms with van der Waals surface area (Å²) in [6.07, 6.45) is 17.7. The molecular formula is C20H38N2. The Morgan fingerprint density at radius 2 is 1.23 bits per heavy atom. The maximum absolute atomic E-state index is 3.74. The first-order chi connectivity index (χ1) is 10.8. The van der Waals surface area contributed by atoms with E-state index in [1.54, 1.807) is 0 Å². The van der Waals surface area contributed by atoms with Gasteiger partial charge in [0.2, 0.25) is 0 Å². The zero-order valence-electron chi connectivity index (χ0n) is 14.9. The third-order valence-corrected chi connectivity index (χ3v) is 7.36. The molecule has 0 aromatic carbocycles. The van der Waals surface area contributed by atoms with Crippen LogP contribution in [0.4, 0.5) is 0 Å². The van der Waals surface area contributed by atoms with Gasteiger partial charge in [0.05, 0.1) is 0 Å². The first-order valence-electron chi connectivity index (χ1n) is 10.2. The molecule has 3 aliphatic rings. The minimum Gasteiger partial charge on any atom is -0.317 e. The van der Waals surface area contributed by atoms with Gasteiger partial charge in [0, 0.05) is 12.1 Å². The van der Waals surface area contributed by atoms with E-state index in [2.05, 4.69) is 24.7 Å². The van der Waals surface area contributed by atoms with Crippen LogP contribution < -0.4 is 10.6 Å². The fraction of sp³-hybridized carbons (Fsp3) is 1.00. The van der Waals surface area contributed by atoms with Crippen molar-refractivity contribution in [3.63, 3.8) is 0 Å². The average molecular weight is 307 g/mol. The van der Waals surface area contributed by atoms with Crippen molar-refractivity contribution in [3.8, 4) is 0 Å². The fourth-order valence-corrected chi connectivity index (χ4v) is 6.02. The summed E-state index contributed by atoms with van der Waals surface area (Å²) in [5.41, 5.74) is 0. The van der Waals surface area contributed by atoms with Gasteiger partial charge in [0.25, 0.3) is 0 Å². The Bertz CT molecular complexity index is 330. The van der Waals surface area contributed by atoms with Gasteiger partial charge in [0.15, 0.2) is 0 Å². The van der Waals surface area contributed by atoms with E-state index < -0.39 is 0 Å². The molecule has 3 rings (SSSR count). The molecule has 0 amide bonds.